The van der Waals surface area contributed by atoms with Crippen molar-refractivity contribution in [2.24, 2.45) is 10.3 Å². The first kappa shape index (κ1) is 17.9. The average Bonchev–Trinajstić information content (AvgIpc) is 2.49. The topological polar surface area (TPSA) is 65.8 Å². The highest BCUT2D eigenvalue weighted by molar-refractivity contribution is 5.99. The molecule has 22 heavy (non-hydrogen) atoms. The number of halogens is 2. The highest BCUT2D eigenvalue weighted by Crippen LogP contribution is 2.37. The summed E-state index contributed by atoms with van der Waals surface area (Å²) in [5.74, 6) is -0.136. The van der Waals surface area contributed by atoms with E-state index in [4.69, 9.17) is 0 Å². The maximum Gasteiger partial charge on any atom is 0.254 e. The Labute approximate surface area is 141 Å². The second-order valence-corrected chi connectivity index (χ2v) is 4.81. The van der Waals surface area contributed by atoms with Crippen LogP contribution in [0.3, 0.4) is 0 Å². The lowest BCUT2D eigenvalue weighted by Crippen LogP contribution is -2.39. The fourth-order valence-corrected chi connectivity index (χ4v) is 2.50. The first-order valence-electron chi connectivity index (χ1n) is 6.33. The zero-order valence-electron chi connectivity index (χ0n) is 11.8. The van der Waals surface area contributed by atoms with Gasteiger partial charge in [-0.1, -0.05) is 41.6 Å². The number of nitrogens with one attached hydrogen (secondary N) is 2. The molecule has 1 unspecified atom stereocenters. The maximum absolute atomic E-state index is 12.3. The molecule has 0 aliphatic carbocycles. The van der Waals surface area contributed by atoms with Crippen LogP contribution in [0.25, 0.3) is 0 Å². The van der Waals surface area contributed by atoms with E-state index in [1.807, 2.05) is 43.3 Å². The molecule has 0 radical (unpaired) electrons. The van der Waals surface area contributed by atoms with Crippen LogP contribution in [0.5, 0.6) is 0 Å². The maximum atomic E-state index is 12.3. The molecule has 116 valence electrons. The van der Waals surface area contributed by atoms with E-state index in [0.29, 0.717) is 11.3 Å². The fraction of sp³-hybridized carbons (Fsp3) is 0.133. The summed E-state index contributed by atoms with van der Waals surface area (Å²) in [6.45, 7) is 2.02. The van der Waals surface area contributed by atoms with E-state index in [0.717, 1.165) is 5.56 Å². The van der Waals surface area contributed by atoms with Crippen LogP contribution < -0.4 is 10.7 Å². The average molecular weight is 339 g/mol. The zero-order valence-corrected chi connectivity index (χ0v) is 13.4. The van der Waals surface area contributed by atoms with E-state index in [9.17, 15) is 4.79 Å². The van der Waals surface area contributed by atoms with Gasteiger partial charge in [0.05, 0.1) is 17.5 Å². The quantitative estimate of drug-likeness (QED) is 0.772. The lowest BCUT2D eigenvalue weighted by Gasteiger charge is -2.33. The standard InChI is InChI=1S/C15H14N4O.2ClH/c1-15(11-5-3-2-4-6-11)8-10-16-14(20)13(15)12-7-9-17-19-18-12;;/h2-10H,1H3,(H,16,20)(H,17,18);2*1H. The molecule has 2 aliphatic rings. The minimum atomic E-state index is -0.511. The Kier molecular flexibility index (Phi) is 5.91. The minimum Gasteiger partial charge on any atom is -0.329 e. The molecule has 1 amide bonds. The lowest BCUT2D eigenvalue weighted by atomic mass is 9.73. The van der Waals surface area contributed by atoms with Crippen molar-refractivity contribution in [3.63, 3.8) is 0 Å². The predicted molar refractivity (Wildman–Crippen MR) is 89.7 cm³/mol. The van der Waals surface area contributed by atoms with Crippen molar-refractivity contribution in [1.29, 1.82) is 0 Å². The first-order valence-corrected chi connectivity index (χ1v) is 6.33. The fourth-order valence-electron chi connectivity index (χ4n) is 2.50. The van der Waals surface area contributed by atoms with Gasteiger partial charge in [-0.3, -0.25) is 10.2 Å². The van der Waals surface area contributed by atoms with Crippen LogP contribution in [0.2, 0.25) is 0 Å². The van der Waals surface area contributed by atoms with Crippen molar-refractivity contribution < 1.29 is 4.79 Å². The molecule has 2 aliphatic heterocycles. The summed E-state index contributed by atoms with van der Waals surface area (Å²) in [5.41, 5.74) is 4.62. The van der Waals surface area contributed by atoms with Gasteiger partial charge in [-0.2, -0.15) is 0 Å². The number of benzene rings is 1. The van der Waals surface area contributed by atoms with Crippen LogP contribution in [0.4, 0.5) is 0 Å². The van der Waals surface area contributed by atoms with Crippen LogP contribution in [-0.4, -0.2) is 5.91 Å². The highest BCUT2D eigenvalue weighted by atomic mass is 35.5. The van der Waals surface area contributed by atoms with Gasteiger partial charge in [0.2, 0.25) is 0 Å². The predicted octanol–water partition coefficient (Wildman–Crippen LogP) is 3.17. The molecule has 7 heteroatoms. The molecule has 1 aromatic rings. The Bertz CT molecular complexity index is 667. The van der Waals surface area contributed by atoms with Crippen molar-refractivity contribution in [2.75, 3.05) is 0 Å². The summed E-state index contributed by atoms with van der Waals surface area (Å²) in [4.78, 5) is 12.3. The molecule has 5 nitrogen and oxygen atoms in total. The third-order valence-corrected chi connectivity index (χ3v) is 3.56. The Morgan fingerprint density at radius 1 is 1.14 bits per heavy atom. The number of allylic oxidation sites excluding steroid dienone is 2. The summed E-state index contributed by atoms with van der Waals surface area (Å²) < 4.78 is 0. The van der Waals surface area contributed by atoms with Crippen molar-refractivity contribution in [3.05, 3.63) is 71.7 Å². The Hall–Kier alpha value is -2.11. The number of amides is 1. The molecule has 0 spiro atoms. The summed E-state index contributed by atoms with van der Waals surface area (Å²) in [6.07, 6.45) is 6.99. The zero-order chi connectivity index (χ0) is 14.0. The van der Waals surface area contributed by atoms with Gasteiger partial charge < -0.3 is 5.32 Å². The van der Waals surface area contributed by atoms with Crippen molar-refractivity contribution >= 4 is 30.7 Å². The van der Waals surface area contributed by atoms with Crippen LogP contribution in [-0.2, 0) is 10.2 Å². The van der Waals surface area contributed by atoms with Gasteiger partial charge in [-0.25, -0.2) is 0 Å². The van der Waals surface area contributed by atoms with Gasteiger partial charge in [0, 0.05) is 11.6 Å². The van der Waals surface area contributed by atoms with Crippen LogP contribution >= 0.6 is 24.8 Å². The van der Waals surface area contributed by atoms with E-state index in [-0.39, 0.29) is 30.7 Å². The van der Waals surface area contributed by atoms with Gasteiger partial charge in [0.25, 0.3) is 5.91 Å². The number of carbonyl (C=O) groups excluding carboxylic acids is 1. The van der Waals surface area contributed by atoms with Crippen molar-refractivity contribution in [3.8, 4) is 0 Å². The summed E-state index contributed by atoms with van der Waals surface area (Å²) in [6, 6.07) is 9.91. The number of hydrogen-bond donors (Lipinski definition) is 2. The molecule has 0 bridgehead atoms. The molecule has 2 N–H and O–H groups in total. The summed E-state index contributed by atoms with van der Waals surface area (Å²) in [7, 11) is 0. The smallest absolute Gasteiger partial charge is 0.254 e. The van der Waals surface area contributed by atoms with Crippen molar-refractivity contribution in [2.45, 2.75) is 12.3 Å². The largest absolute Gasteiger partial charge is 0.329 e. The van der Waals surface area contributed by atoms with E-state index >= 15 is 0 Å². The first-order chi connectivity index (χ1) is 9.72. The number of hydrogen-bond acceptors (Lipinski definition) is 4. The molecular weight excluding hydrogens is 323 g/mol. The third kappa shape index (κ3) is 3.05. The molecule has 1 aromatic carbocycles. The molecular formula is C15H16Cl2N4O. The van der Waals surface area contributed by atoms with Crippen molar-refractivity contribution in [1.82, 2.24) is 10.7 Å². The van der Waals surface area contributed by atoms with Gasteiger partial charge in [0.1, 0.15) is 0 Å². The molecule has 0 saturated carbocycles. The van der Waals surface area contributed by atoms with Gasteiger partial charge in [-0.15, -0.1) is 29.9 Å². The van der Waals surface area contributed by atoms with E-state index < -0.39 is 5.41 Å². The SMILES string of the molecule is CC1(c2ccccc2)C=CNC(=O)C1=C1C=CN=NN1.Cl.Cl. The minimum absolute atomic E-state index is 0. The normalized spacial score (nSPS) is 25.6. The lowest BCUT2D eigenvalue weighted by molar-refractivity contribution is -0.117. The highest BCUT2D eigenvalue weighted by Gasteiger charge is 2.37. The molecule has 1 atom stereocenters. The molecule has 0 aromatic heterocycles. The summed E-state index contributed by atoms with van der Waals surface area (Å²) in [5, 5.41) is 10.2. The Morgan fingerprint density at radius 2 is 1.86 bits per heavy atom. The molecule has 2 heterocycles. The monoisotopic (exact) mass is 338 g/mol. The molecule has 3 rings (SSSR count). The second-order valence-electron chi connectivity index (χ2n) is 4.81. The van der Waals surface area contributed by atoms with Crippen LogP contribution in [0.1, 0.15) is 12.5 Å². The van der Waals surface area contributed by atoms with E-state index in [2.05, 4.69) is 21.1 Å². The second kappa shape index (κ2) is 7.24. The number of rotatable bonds is 1. The Morgan fingerprint density at radius 3 is 2.50 bits per heavy atom. The summed E-state index contributed by atoms with van der Waals surface area (Å²) >= 11 is 0. The van der Waals surface area contributed by atoms with E-state index in [1.54, 1.807) is 18.5 Å². The van der Waals surface area contributed by atoms with Crippen LogP contribution in [0.15, 0.2) is 76.5 Å². The Balaban J connectivity index is 0.00000121. The third-order valence-electron chi connectivity index (χ3n) is 3.56. The van der Waals surface area contributed by atoms with Gasteiger partial charge in [-0.05, 0) is 18.6 Å². The molecule has 0 fully saturated rings. The van der Waals surface area contributed by atoms with Gasteiger partial charge >= 0.3 is 0 Å². The van der Waals surface area contributed by atoms with Gasteiger partial charge in [0.15, 0.2) is 0 Å². The number of nitrogens with zero attached hydrogens (tertiary/aromatic N) is 2. The van der Waals surface area contributed by atoms with Crippen LogP contribution in [0, 0.1) is 0 Å². The molecule has 0 saturated heterocycles. The van der Waals surface area contributed by atoms with E-state index in [1.165, 1.54) is 0 Å². The number of carbonyl (C=O) groups is 1.